The van der Waals surface area contributed by atoms with Gasteiger partial charge in [-0.2, -0.15) is 0 Å². The third-order valence-corrected chi connectivity index (χ3v) is 7.22. The molecule has 0 aliphatic heterocycles. The summed E-state index contributed by atoms with van der Waals surface area (Å²) in [6.45, 7) is 20.4. The van der Waals surface area contributed by atoms with Crippen molar-refractivity contribution in [2.45, 2.75) is 150 Å². The minimum atomic E-state index is -1.91. The molecule has 1 aromatic rings. The number of carboxylic acid groups (broad SMARTS) is 1. The van der Waals surface area contributed by atoms with Crippen LogP contribution >= 0.6 is 0 Å². The lowest BCUT2D eigenvalue weighted by Gasteiger charge is -2.33. The number of hydrogen-bond donors (Lipinski definition) is 2. The van der Waals surface area contributed by atoms with E-state index in [2.05, 4.69) is 26.1 Å². The van der Waals surface area contributed by atoms with E-state index < -0.39 is 77.3 Å². The summed E-state index contributed by atoms with van der Waals surface area (Å²) in [4.78, 5) is 65.8. The van der Waals surface area contributed by atoms with Gasteiger partial charge in [0.25, 0.3) is 5.91 Å². The molecular weight excluding hydrogens is 623 g/mol. The number of aryl methyl sites for hydroxylation is 1. The van der Waals surface area contributed by atoms with Crippen molar-refractivity contribution in [3.63, 3.8) is 0 Å². The Morgan fingerprint density at radius 1 is 0.854 bits per heavy atom. The Hall–Kier alpha value is -3.70. The van der Waals surface area contributed by atoms with Crippen molar-refractivity contribution in [3.8, 4) is 0 Å². The molecule has 0 unspecified atom stereocenters. The highest BCUT2D eigenvalue weighted by Gasteiger charge is 2.39. The van der Waals surface area contributed by atoms with Gasteiger partial charge in [-0.25, -0.2) is 23.6 Å². The first-order chi connectivity index (χ1) is 21.6. The van der Waals surface area contributed by atoms with E-state index in [0.29, 0.717) is 6.42 Å². The fraction of sp³-hybridized carbons (Fsp3) is 0.694. The zero-order chi connectivity index (χ0) is 37.4. The number of carbonyl (C=O) groups excluding carboxylic acids is 4. The summed E-state index contributed by atoms with van der Waals surface area (Å²) >= 11 is 0. The van der Waals surface area contributed by atoms with Crippen molar-refractivity contribution >= 4 is 29.9 Å². The zero-order valence-electron chi connectivity index (χ0n) is 31.0. The SMILES string of the molecule is C[C@@H](OC(=O)[C@H](CC(C)(C)C)NC(=O)[C@@H](CCc1ccc(C(C)(C)C)cc1)OC(=O)[C@H](CC(C)(C)F)N(C)C(=O)OC(C)(C)C)C(=O)O. The van der Waals surface area contributed by atoms with Crippen LogP contribution in [0.2, 0.25) is 0 Å². The molecule has 0 spiro atoms. The first-order valence-electron chi connectivity index (χ1n) is 16.3. The molecular formula is C36H57FN2O9. The molecule has 0 saturated heterocycles. The molecule has 0 fully saturated rings. The Balaban J connectivity index is 3.48. The number of rotatable bonds is 14. The molecule has 0 aliphatic carbocycles. The van der Waals surface area contributed by atoms with Crippen LogP contribution in [0.4, 0.5) is 9.18 Å². The number of alkyl halides is 1. The second-order valence-electron chi connectivity index (χ2n) is 16.2. The quantitative estimate of drug-likeness (QED) is 0.175. The molecule has 0 saturated carbocycles. The maximum Gasteiger partial charge on any atom is 0.410 e. The van der Waals surface area contributed by atoms with Crippen molar-refractivity contribution in [1.82, 2.24) is 10.2 Å². The van der Waals surface area contributed by atoms with Crippen LogP contribution in [-0.2, 0) is 45.2 Å². The van der Waals surface area contributed by atoms with E-state index in [1.165, 1.54) is 27.8 Å². The molecule has 0 heterocycles. The number of amides is 2. The topological polar surface area (TPSA) is 149 Å². The second-order valence-corrected chi connectivity index (χ2v) is 16.2. The van der Waals surface area contributed by atoms with Crippen LogP contribution < -0.4 is 5.32 Å². The van der Waals surface area contributed by atoms with Gasteiger partial charge in [0.2, 0.25) is 0 Å². The Morgan fingerprint density at radius 2 is 1.40 bits per heavy atom. The van der Waals surface area contributed by atoms with Gasteiger partial charge < -0.3 is 24.6 Å². The summed E-state index contributed by atoms with van der Waals surface area (Å²) in [5.41, 5.74) is -1.43. The molecule has 12 heteroatoms. The average molecular weight is 681 g/mol. The zero-order valence-corrected chi connectivity index (χ0v) is 31.0. The number of halogens is 1. The lowest BCUT2D eigenvalue weighted by atomic mass is 9.86. The summed E-state index contributed by atoms with van der Waals surface area (Å²) in [5.74, 6) is -4.18. The number of nitrogens with zero attached hydrogens (tertiary/aromatic N) is 1. The molecule has 11 nitrogen and oxygen atoms in total. The summed E-state index contributed by atoms with van der Waals surface area (Å²) in [6.07, 6.45) is -3.90. The number of ether oxygens (including phenoxy) is 3. The highest BCUT2D eigenvalue weighted by Crippen LogP contribution is 2.26. The minimum Gasteiger partial charge on any atom is -0.479 e. The average Bonchev–Trinajstić information content (AvgIpc) is 2.90. The van der Waals surface area contributed by atoms with Crippen LogP contribution in [0.5, 0.6) is 0 Å². The Labute approximate surface area is 285 Å². The van der Waals surface area contributed by atoms with Crippen LogP contribution in [0.25, 0.3) is 0 Å². The fourth-order valence-corrected chi connectivity index (χ4v) is 4.61. The summed E-state index contributed by atoms with van der Waals surface area (Å²) in [5, 5.41) is 11.8. The molecule has 0 aliphatic rings. The molecule has 272 valence electrons. The standard InChI is InChI=1S/C36H57FN2O9/c1-22(29(41)42)46-30(43)25(20-33(2,3)4)38-28(40)27(19-16-23-14-17-24(18-15-23)34(5,6)7)47-31(44)26(21-36(11,12)37)39(13)32(45)48-35(8,9)10/h14-15,17-18,22,25-27H,16,19-21H2,1-13H3,(H,38,40)(H,41,42)/t22-,25+,26+,27-/m1/s1. The molecule has 0 aromatic heterocycles. The molecule has 1 rings (SSSR count). The van der Waals surface area contributed by atoms with E-state index in [9.17, 15) is 33.5 Å². The Morgan fingerprint density at radius 3 is 1.83 bits per heavy atom. The number of carbonyl (C=O) groups is 5. The van der Waals surface area contributed by atoms with E-state index in [1.807, 2.05) is 45.0 Å². The highest BCUT2D eigenvalue weighted by atomic mass is 19.1. The van der Waals surface area contributed by atoms with Crippen LogP contribution in [-0.4, -0.2) is 82.5 Å². The number of likely N-dealkylation sites (N-methyl/N-ethyl adjacent to an activating group) is 1. The van der Waals surface area contributed by atoms with Gasteiger partial charge in [-0.05, 0) is 82.8 Å². The van der Waals surface area contributed by atoms with Crippen LogP contribution in [0.1, 0.15) is 113 Å². The highest BCUT2D eigenvalue weighted by molar-refractivity contribution is 5.90. The number of aliphatic carboxylic acids is 1. The van der Waals surface area contributed by atoms with Gasteiger partial charge in [0.05, 0.1) is 0 Å². The molecule has 4 atom stereocenters. The van der Waals surface area contributed by atoms with E-state index in [4.69, 9.17) is 14.2 Å². The van der Waals surface area contributed by atoms with Gasteiger partial charge in [0.15, 0.2) is 12.2 Å². The van der Waals surface area contributed by atoms with Crippen molar-refractivity contribution in [2.24, 2.45) is 5.41 Å². The lowest BCUT2D eigenvalue weighted by Crippen LogP contribution is -2.52. The number of benzene rings is 1. The second kappa shape index (κ2) is 16.6. The third kappa shape index (κ3) is 15.5. The van der Waals surface area contributed by atoms with E-state index in [0.717, 1.165) is 16.0 Å². The third-order valence-electron chi connectivity index (χ3n) is 7.22. The predicted molar refractivity (Wildman–Crippen MR) is 180 cm³/mol. The number of esters is 2. The van der Waals surface area contributed by atoms with Crippen molar-refractivity contribution < 1.29 is 47.7 Å². The largest absolute Gasteiger partial charge is 0.479 e. The van der Waals surface area contributed by atoms with Gasteiger partial charge in [-0.3, -0.25) is 9.69 Å². The molecule has 2 N–H and O–H groups in total. The summed E-state index contributed by atoms with van der Waals surface area (Å²) in [7, 11) is 1.29. The van der Waals surface area contributed by atoms with Gasteiger partial charge in [0.1, 0.15) is 23.4 Å². The van der Waals surface area contributed by atoms with Gasteiger partial charge >= 0.3 is 24.0 Å². The van der Waals surface area contributed by atoms with E-state index in [1.54, 1.807) is 20.8 Å². The van der Waals surface area contributed by atoms with Gasteiger partial charge in [0, 0.05) is 13.5 Å². The Bertz CT molecular complexity index is 1270. The van der Waals surface area contributed by atoms with E-state index >= 15 is 0 Å². The van der Waals surface area contributed by atoms with Crippen LogP contribution in [0, 0.1) is 5.41 Å². The molecule has 0 radical (unpaired) electrons. The van der Waals surface area contributed by atoms with Crippen LogP contribution in [0.15, 0.2) is 24.3 Å². The first-order valence-corrected chi connectivity index (χ1v) is 16.3. The Kier molecular flexibility index (Phi) is 14.6. The molecule has 2 amide bonds. The van der Waals surface area contributed by atoms with Crippen molar-refractivity contribution in [3.05, 3.63) is 35.4 Å². The fourth-order valence-electron chi connectivity index (χ4n) is 4.61. The predicted octanol–water partition coefficient (Wildman–Crippen LogP) is 6.14. The number of hydrogen-bond acceptors (Lipinski definition) is 8. The number of carboxylic acids is 1. The van der Waals surface area contributed by atoms with Crippen LogP contribution in [0.3, 0.4) is 0 Å². The summed E-state index contributed by atoms with van der Waals surface area (Å²) in [6, 6.07) is 5.06. The maximum atomic E-state index is 15.0. The van der Waals surface area contributed by atoms with Crippen molar-refractivity contribution in [1.29, 1.82) is 0 Å². The minimum absolute atomic E-state index is 0.0167. The maximum absolute atomic E-state index is 15.0. The normalized spacial score (nSPS) is 15.0. The number of nitrogens with one attached hydrogen (secondary N) is 1. The first kappa shape index (κ1) is 42.3. The van der Waals surface area contributed by atoms with Gasteiger partial charge in [-0.15, -0.1) is 0 Å². The summed E-state index contributed by atoms with van der Waals surface area (Å²) < 4.78 is 31.2. The van der Waals surface area contributed by atoms with Crippen molar-refractivity contribution in [2.75, 3.05) is 7.05 Å². The van der Waals surface area contributed by atoms with Gasteiger partial charge in [-0.1, -0.05) is 65.8 Å². The molecule has 1 aromatic carbocycles. The molecule has 0 bridgehead atoms. The monoisotopic (exact) mass is 680 g/mol. The smallest absolute Gasteiger partial charge is 0.410 e. The lowest BCUT2D eigenvalue weighted by molar-refractivity contribution is -0.167. The van der Waals surface area contributed by atoms with E-state index in [-0.39, 0.29) is 18.3 Å². The molecule has 48 heavy (non-hydrogen) atoms.